The molecule has 0 saturated carbocycles. The maximum Gasteiger partial charge on any atom is 0.291 e. The van der Waals surface area contributed by atoms with E-state index < -0.39 is 15.9 Å². The lowest BCUT2D eigenvalue weighted by atomic mass is 10.0. The Balaban J connectivity index is 1.50. The summed E-state index contributed by atoms with van der Waals surface area (Å²) in [5.41, 5.74) is 2.71. The number of sulfonamides is 1. The van der Waals surface area contributed by atoms with Gasteiger partial charge in [-0.2, -0.15) is 4.31 Å². The van der Waals surface area contributed by atoms with Crippen LogP contribution in [0.25, 0.3) is 0 Å². The molecule has 35 heavy (non-hydrogen) atoms. The summed E-state index contributed by atoms with van der Waals surface area (Å²) in [6.45, 7) is 6.68. The first-order valence-electron chi connectivity index (χ1n) is 11.5. The number of piperidine rings is 1. The lowest BCUT2D eigenvalue weighted by Crippen LogP contribution is -2.38. The Hall–Kier alpha value is -3.43. The van der Waals surface area contributed by atoms with Gasteiger partial charge in [0.05, 0.1) is 11.2 Å². The monoisotopic (exact) mass is 495 g/mol. The molecule has 4 rings (SSSR count). The van der Waals surface area contributed by atoms with Crippen molar-refractivity contribution in [2.75, 3.05) is 23.7 Å². The third-order valence-electron chi connectivity index (χ3n) is 6.39. The molecule has 1 fully saturated rings. The van der Waals surface area contributed by atoms with Crippen molar-refractivity contribution >= 4 is 33.2 Å². The summed E-state index contributed by atoms with van der Waals surface area (Å²) in [4.78, 5) is 25.3. The van der Waals surface area contributed by atoms with Crippen LogP contribution in [0.1, 0.15) is 51.8 Å². The fourth-order valence-corrected chi connectivity index (χ4v) is 5.82. The largest absolute Gasteiger partial charge is 0.459 e. The standard InChI is InChI=1S/C26H29N3O5S/c1-17-10-12-29(13-11-17)35(32,33)24-16-20(15-18(2)19(24)3)25(30)27-21-6-8-22(9-7-21)28-26(31)23-5-4-14-34-23/h4-9,14-17H,10-13H2,1-3H3,(H,27,30)(H,28,31). The molecule has 0 unspecified atom stereocenters. The Bertz CT molecular complexity index is 1320. The van der Waals surface area contributed by atoms with Crippen LogP contribution in [-0.4, -0.2) is 37.6 Å². The van der Waals surface area contributed by atoms with Gasteiger partial charge < -0.3 is 15.1 Å². The Morgan fingerprint density at radius 1 is 0.943 bits per heavy atom. The van der Waals surface area contributed by atoms with E-state index in [0.29, 0.717) is 35.9 Å². The fourth-order valence-electron chi connectivity index (χ4n) is 4.03. The van der Waals surface area contributed by atoms with Gasteiger partial charge in [-0.3, -0.25) is 9.59 Å². The molecule has 0 atom stereocenters. The van der Waals surface area contributed by atoms with E-state index in [1.54, 1.807) is 56.3 Å². The highest BCUT2D eigenvalue weighted by Crippen LogP contribution is 2.28. The van der Waals surface area contributed by atoms with Crippen molar-refractivity contribution in [1.82, 2.24) is 4.31 Å². The fraction of sp³-hybridized carbons (Fsp3) is 0.308. The number of amides is 2. The normalized spacial score (nSPS) is 15.1. The number of aryl methyl sites for hydroxylation is 1. The molecule has 9 heteroatoms. The van der Waals surface area contributed by atoms with E-state index >= 15 is 0 Å². The van der Waals surface area contributed by atoms with Crippen LogP contribution in [0.2, 0.25) is 0 Å². The van der Waals surface area contributed by atoms with E-state index in [0.717, 1.165) is 18.4 Å². The molecule has 1 aromatic heterocycles. The SMILES string of the molecule is Cc1cc(C(=O)Nc2ccc(NC(=O)c3ccco3)cc2)cc(S(=O)(=O)N2CCC(C)CC2)c1C. The minimum atomic E-state index is -3.70. The van der Waals surface area contributed by atoms with Gasteiger partial charge in [-0.1, -0.05) is 6.92 Å². The van der Waals surface area contributed by atoms with Crippen molar-refractivity contribution < 1.29 is 22.4 Å². The second-order valence-electron chi connectivity index (χ2n) is 8.97. The highest BCUT2D eigenvalue weighted by Gasteiger charge is 2.30. The predicted molar refractivity (Wildman–Crippen MR) is 134 cm³/mol. The smallest absolute Gasteiger partial charge is 0.291 e. The first-order valence-corrected chi connectivity index (χ1v) is 13.0. The highest BCUT2D eigenvalue weighted by atomic mass is 32.2. The van der Waals surface area contributed by atoms with Crippen LogP contribution in [0.15, 0.2) is 64.1 Å². The van der Waals surface area contributed by atoms with Gasteiger partial charge in [-0.15, -0.1) is 0 Å². The first kappa shape index (κ1) is 24.7. The number of carbonyl (C=O) groups is 2. The van der Waals surface area contributed by atoms with E-state index in [1.807, 2.05) is 0 Å². The highest BCUT2D eigenvalue weighted by molar-refractivity contribution is 7.89. The third-order valence-corrected chi connectivity index (χ3v) is 8.41. The number of furan rings is 1. The van der Waals surface area contributed by atoms with Crippen LogP contribution < -0.4 is 10.6 Å². The van der Waals surface area contributed by atoms with Crippen molar-refractivity contribution in [3.05, 3.63) is 77.2 Å². The molecule has 1 aliphatic heterocycles. The van der Waals surface area contributed by atoms with E-state index in [-0.39, 0.29) is 22.1 Å². The number of anilines is 2. The maximum absolute atomic E-state index is 13.4. The number of nitrogens with zero attached hydrogens (tertiary/aromatic N) is 1. The summed E-state index contributed by atoms with van der Waals surface area (Å²) in [7, 11) is -3.70. The lowest BCUT2D eigenvalue weighted by molar-refractivity contribution is 0.0994. The molecular weight excluding hydrogens is 466 g/mol. The topological polar surface area (TPSA) is 109 Å². The molecule has 0 radical (unpaired) electrons. The van der Waals surface area contributed by atoms with Gasteiger partial charge in [-0.25, -0.2) is 8.42 Å². The predicted octanol–water partition coefficient (Wildman–Crippen LogP) is 4.82. The number of nitrogens with one attached hydrogen (secondary N) is 2. The Kier molecular flexibility index (Phi) is 7.09. The summed E-state index contributed by atoms with van der Waals surface area (Å²) in [6, 6.07) is 13.0. The molecule has 0 bridgehead atoms. The van der Waals surface area contributed by atoms with E-state index in [2.05, 4.69) is 17.6 Å². The third kappa shape index (κ3) is 5.47. The molecule has 1 saturated heterocycles. The number of benzene rings is 2. The summed E-state index contributed by atoms with van der Waals surface area (Å²) >= 11 is 0. The van der Waals surface area contributed by atoms with Crippen LogP contribution in [0.5, 0.6) is 0 Å². The summed E-state index contributed by atoms with van der Waals surface area (Å²) < 4.78 is 33.3. The van der Waals surface area contributed by atoms with Gasteiger partial charge in [0.15, 0.2) is 5.76 Å². The van der Waals surface area contributed by atoms with Gasteiger partial charge in [0.1, 0.15) is 0 Å². The molecule has 3 aromatic rings. The van der Waals surface area contributed by atoms with Crippen molar-refractivity contribution in [2.24, 2.45) is 5.92 Å². The van der Waals surface area contributed by atoms with Crippen molar-refractivity contribution in [3.8, 4) is 0 Å². The van der Waals surface area contributed by atoms with Crippen molar-refractivity contribution in [3.63, 3.8) is 0 Å². The molecule has 1 aliphatic rings. The zero-order valence-electron chi connectivity index (χ0n) is 20.0. The zero-order chi connectivity index (χ0) is 25.2. The maximum atomic E-state index is 13.4. The number of rotatable bonds is 6. The van der Waals surface area contributed by atoms with Gasteiger partial charge in [0, 0.05) is 30.0 Å². The molecule has 8 nitrogen and oxygen atoms in total. The van der Waals surface area contributed by atoms with Gasteiger partial charge >= 0.3 is 0 Å². The Morgan fingerprint density at radius 2 is 1.54 bits per heavy atom. The molecule has 184 valence electrons. The van der Waals surface area contributed by atoms with Crippen molar-refractivity contribution in [1.29, 1.82) is 0 Å². The van der Waals surface area contributed by atoms with Crippen LogP contribution in [-0.2, 0) is 10.0 Å². The number of hydrogen-bond donors (Lipinski definition) is 2. The molecular formula is C26H29N3O5S. The minimum Gasteiger partial charge on any atom is -0.459 e. The quantitative estimate of drug-likeness (QED) is 0.510. The van der Waals surface area contributed by atoms with Gasteiger partial charge in [-0.05, 0) is 92.3 Å². The minimum absolute atomic E-state index is 0.174. The van der Waals surface area contributed by atoms with Crippen LogP contribution in [0, 0.1) is 19.8 Å². The molecule has 2 N–H and O–H groups in total. The lowest BCUT2D eigenvalue weighted by Gasteiger charge is -2.30. The number of carbonyl (C=O) groups excluding carboxylic acids is 2. The van der Waals surface area contributed by atoms with Crippen LogP contribution >= 0.6 is 0 Å². The van der Waals surface area contributed by atoms with E-state index in [1.165, 1.54) is 16.6 Å². The summed E-state index contributed by atoms with van der Waals surface area (Å²) in [5.74, 6) is -0.0869. The van der Waals surface area contributed by atoms with E-state index in [4.69, 9.17) is 4.42 Å². The average Bonchev–Trinajstić information content (AvgIpc) is 3.37. The van der Waals surface area contributed by atoms with Gasteiger partial charge in [0.25, 0.3) is 11.8 Å². The molecule has 2 heterocycles. The molecule has 2 aromatic carbocycles. The number of hydrogen-bond acceptors (Lipinski definition) is 5. The van der Waals surface area contributed by atoms with Crippen molar-refractivity contribution in [2.45, 2.75) is 38.5 Å². The summed E-state index contributed by atoms with van der Waals surface area (Å²) in [5, 5.41) is 5.51. The Labute approximate surface area is 205 Å². The van der Waals surface area contributed by atoms with Gasteiger partial charge in [0.2, 0.25) is 10.0 Å². The zero-order valence-corrected chi connectivity index (χ0v) is 20.8. The second kappa shape index (κ2) is 10.1. The second-order valence-corrected chi connectivity index (χ2v) is 10.9. The summed E-state index contributed by atoms with van der Waals surface area (Å²) in [6.07, 6.45) is 3.08. The van der Waals surface area contributed by atoms with Crippen LogP contribution in [0.4, 0.5) is 11.4 Å². The first-order chi connectivity index (χ1) is 16.6. The Morgan fingerprint density at radius 3 is 2.11 bits per heavy atom. The van der Waals surface area contributed by atoms with Crippen LogP contribution in [0.3, 0.4) is 0 Å². The molecule has 0 spiro atoms. The average molecular weight is 496 g/mol. The molecule has 0 aliphatic carbocycles. The van der Waals surface area contributed by atoms with E-state index in [9.17, 15) is 18.0 Å². The molecule has 2 amide bonds.